The van der Waals surface area contributed by atoms with Crippen molar-refractivity contribution in [2.45, 2.75) is 5.60 Å². The zero-order valence-corrected chi connectivity index (χ0v) is 10.1. The molecule has 82 valence electrons. The van der Waals surface area contributed by atoms with Gasteiger partial charge in [0.05, 0.1) is 12.5 Å². The first-order valence-corrected chi connectivity index (χ1v) is 5.71. The van der Waals surface area contributed by atoms with Gasteiger partial charge in [-0.25, -0.2) is 0 Å². The van der Waals surface area contributed by atoms with Crippen LogP contribution in [0.1, 0.15) is 0 Å². The molecule has 2 nitrogen and oxygen atoms in total. The third-order valence-corrected chi connectivity index (χ3v) is 3.06. The second-order valence-electron chi connectivity index (χ2n) is 3.50. The fraction of sp³-hybridized carbons (Fsp3) is 0.400. The van der Waals surface area contributed by atoms with Gasteiger partial charge in [-0.05, 0) is 18.2 Å². The summed E-state index contributed by atoms with van der Waals surface area (Å²) in [5, 5.41) is 1.10. The van der Waals surface area contributed by atoms with E-state index in [1.165, 1.54) is 0 Å². The van der Waals surface area contributed by atoms with E-state index in [1.807, 2.05) is 0 Å². The zero-order valence-electron chi connectivity index (χ0n) is 7.80. The number of rotatable bonds is 4. The van der Waals surface area contributed by atoms with E-state index in [2.05, 4.69) is 0 Å². The van der Waals surface area contributed by atoms with Gasteiger partial charge in [0.15, 0.2) is 0 Å². The number of hydrogen-bond acceptors (Lipinski definition) is 2. The predicted octanol–water partition coefficient (Wildman–Crippen LogP) is 3.38. The topological polar surface area (TPSA) is 21.8 Å². The Hall–Kier alpha value is -0.150. The number of epoxide rings is 1. The predicted molar refractivity (Wildman–Crippen MR) is 61.4 cm³/mol. The molecule has 0 N–H and O–H groups in total. The van der Waals surface area contributed by atoms with Gasteiger partial charge in [0.1, 0.15) is 18.0 Å². The Morgan fingerprint density at radius 1 is 1.27 bits per heavy atom. The quantitative estimate of drug-likeness (QED) is 0.616. The third kappa shape index (κ3) is 2.91. The SMILES string of the molecule is ClCC1(COc2cc(Cl)cc(Cl)c2)CO1. The van der Waals surface area contributed by atoms with E-state index in [1.54, 1.807) is 18.2 Å². The van der Waals surface area contributed by atoms with E-state index in [4.69, 9.17) is 44.3 Å². The molecule has 1 saturated heterocycles. The van der Waals surface area contributed by atoms with Crippen molar-refractivity contribution in [2.75, 3.05) is 19.1 Å². The van der Waals surface area contributed by atoms with Gasteiger partial charge in [0.25, 0.3) is 0 Å². The highest BCUT2D eigenvalue weighted by Crippen LogP contribution is 2.30. The van der Waals surface area contributed by atoms with E-state index < -0.39 is 0 Å². The summed E-state index contributed by atoms with van der Waals surface area (Å²) < 4.78 is 10.7. The second kappa shape index (κ2) is 4.38. The molecule has 0 bridgehead atoms. The lowest BCUT2D eigenvalue weighted by Crippen LogP contribution is -2.23. The summed E-state index contributed by atoms with van der Waals surface area (Å²) in [6.07, 6.45) is 0. The van der Waals surface area contributed by atoms with Gasteiger partial charge in [0, 0.05) is 10.0 Å². The largest absolute Gasteiger partial charge is 0.490 e. The molecule has 0 saturated carbocycles. The van der Waals surface area contributed by atoms with E-state index in [-0.39, 0.29) is 5.60 Å². The average molecular weight is 268 g/mol. The van der Waals surface area contributed by atoms with Crippen molar-refractivity contribution in [3.05, 3.63) is 28.2 Å². The maximum absolute atomic E-state index is 5.83. The molecular weight excluding hydrogens is 258 g/mol. The van der Waals surface area contributed by atoms with Crippen molar-refractivity contribution in [2.24, 2.45) is 0 Å². The van der Waals surface area contributed by atoms with Crippen LogP contribution in [0.25, 0.3) is 0 Å². The second-order valence-corrected chi connectivity index (χ2v) is 4.64. The lowest BCUT2D eigenvalue weighted by atomic mass is 10.2. The Bertz CT molecular complexity index is 343. The first-order valence-electron chi connectivity index (χ1n) is 4.42. The Labute approximate surface area is 103 Å². The highest BCUT2D eigenvalue weighted by molar-refractivity contribution is 6.34. The lowest BCUT2D eigenvalue weighted by Gasteiger charge is -2.10. The van der Waals surface area contributed by atoms with E-state index in [0.29, 0.717) is 34.9 Å². The monoisotopic (exact) mass is 266 g/mol. The maximum atomic E-state index is 5.83. The fourth-order valence-corrected chi connectivity index (χ4v) is 1.87. The number of benzene rings is 1. The molecule has 0 radical (unpaired) electrons. The normalized spacial score (nSPS) is 23.9. The summed E-state index contributed by atoms with van der Waals surface area (Å²) in [5.74, 6) is 1.06. The van der Waals surface area contributed by atoms with Crippen LogP contribution in [0.4, 0.5) is 0 Å². The molecule has 1 unspecified atom stereocenters. The fourth-order valence-electron chi connectivity index (χ4n) is 1.13. The molecule has 0 spiro atoms. The van der Waals surface area contributed by atoms with Crippen molar-refractivity contribution in [3.63, 3.8) is 0 Å². The number of halogens is 3. The smallest absolute Gasteiger partial charge is 0.139 e. The minimum Gasteiger partial charge on any atom is -0.490 e. The third-order valence-electron chi connectivity index (χ3n) is 2.13. The summed E-state index contributed by atoms with van der Waals surface area (Å²) in [6, 6.07) is 5.07. The summed E-state index contributed by atoms with van der Waals surface area (Å²) in [4.78, 5) is 0. The molecule has 1 atom stereocenters. The Kier molecular flexibility index (Phi) is 3.31. The number of ether oxygens (including phenoxy) is 2. The highest BCUT2D eigenvalue weighted by Gasteiger charge is 2.45. The minimum absolute atomic E-state index is 0.309. The number of hydrogen-bond donors (Lipinski definition) is 0. The van der Waals surface area contributed by atoms with Gasteiger partial charge in [-0.3, -0.25) is 0 Å². The average Bonchev–Trinajstić information content (AvgIpc) is 2.94. The first kappa shape index (κ1) is 11.3. The summed E-state index contributed by atoms with van der Waals surface area (Å²) in [5.41, 5.74) is -0.309. The van der Waals surface area contributed by atoms with Gasteiger partial charge in [-0.15, -0.1) is 11.6 Å². The summed E-state index contributed by atoms with van der Waals surface area (Å²) in [6.45, 7) is 1.07. The Morgan fingerprint density at radius 2 is 1.87 bits per heavy atom. The Balaban J connectivity index is 1.99. The van der Waals surface area contributed by atoms with Crippen LogP contribution in [0.5, 0.6) is 5.75 Å². The zero-order chi connectivity index (χ0) is 10.9. The Morgan fingerprint density at radius 3 is 2.33 bits per heavy atom. The van der Waals surface area contributed by atoms with Crippen molar-refractivity contribution < 1.29 is 9.47 Å². The van der Waals surface area contributed by atoms with Crippen LogP contribution >= 0.6 is 34.8 Å². The molecule has 2 rings (SSSR count). The maximum Gasteiger partial charge on any atom is 0.139 e. The first-order chi connectivity index (χ1) is 7.13. The molecule has 1 aliphatic heterocycles. The molecule has 1 aliphatic rings. The molecule has 15 heavy (non-hydrogen) atoms. The standard InChI is InChI=1S/C10H9Cl3O2/c11-4-10(6-15-10)5-14-9-2-7(12)1-8(13)3-9/h1-3H,4-6H2. The van der Waals surface area contributed by atoms with Gasteiger partial charge < -0.3 is 9.47 Å². The van der Waals surface area contributed by atoms with Crippen LogP contribution in [-0.2, 0) is 4.74 Å². The molecule has 1 heterocycles. The number of alkyl halides is 1. The van der Waals surface area contributed by atoms with Crippen LogP contribution in [0.3, 0.4) is 0 Å². The van der Waals surface area contributed by atoms with Crippen LogP contribution in [0.15, 0.2) is 18.2 Å². The van der Waals surface area contributed by atoms with Crippen molar-refractivity contribution >= 4 is 34.8 Å². The van der Waals surface area contributed by atoms with Gasteiger partial charge in [-0.1, -0.05) is 23.2 Å². The molecule has 0 aliphatic carbocycles. The molecule has 0 amide bonds. The van der Waals surface area contributed by atoms with Gasteiger partial charge in [-0.2, -0.15) is 0 Å². The lowest BCUT2D eigenvalue weighted by molar-refractivity contribution is 0.205. The van der Waals surface area contributed by atoms with Crippen molar-refractivity contribution in [1.82, 2.24) is 0 Å². The van der Waals surface area contributed by atoms with Crippen molar-refractivity contribution in [3.8, 4) is 5.75 Å². The van der Waals surface area contributed by atoms with Gasteiger partial charge >= 0.3 is 0 Å². The summed E-state index contributed by atoms with van der Waals surface area (Å²) in [7, 11) is 0. The van der Waals surface area contributed by atoms with Gasteiger partial charge in [0.2, 0.25) is 0 Å². The van der Waals surface area contributed by atoms with Crippen LogP contribution < -0.4 is 4.74 Å². The van der Waals surface area contributed by atoms with Crippen LogP contribution in [0, 0.1) is 0 Å². The minimum atomic E-state index is -0.309. The van der Waals surface area contributed by atoms with E-state index in [9.17, 15) is 0 Å². The van der Waals surface area contributed by atoms with E-state index >= 15 is 0 Å². The summed E-state index contributed by atoms with van der Waals surface area (Å²) >= 11 is 17.4. The molecule has 1 aromatic rings. The van der Waals surface area contributed by atoms with E-state index in [0.717, 1.165) is 0 Å². The van der Waals surface area contributed by atoms with Crippen molar-refractivity contribution in [1.29, 1.82) is 0 Å². The van der Waals surface area contributed by atoms with Crippen LogP contribution in [0.2, 0.25) is 10.0 Å². The molecule has 0 aromatic heterocycles. The highest BCUT2D eigenvalue weighted by atomic mass is 35.5. The molecular formula is C10H9Cl3O2. The molecule has 1 aromatic carbocycles. The molecule has 5 heteroatoms. The molecule has 1 fully saturated rings. The van der Waals surface area contributed by atoms with Crippen LogP contribution in [-0.4, -0.2) is 24.7 Å².